The Kier molecular flexibility index (Phi) is 4.23. The number of carboxylic acids is 1. The van der Waals surface area contributed by atoms with Crippen molar-refractivity contribution in [1.29, 1.82) is 0 Å². The van der Waals surface area contributed by atoms with E-state index in [0.29, 0.717) is 25.4 Å². The van der Waals surface area contributed by atoms with E-state index in [0.717, 1.165) is 5.75 Å². The van der Waals surface area contributed by atoms with E-state index in [9.17, 15) is 14.4 Å². The lowest BCUT2D eigenvalue weighted by atomic mass is 10.2. The molecule has 0 spiro atoms. The van der Waals surface area contributed by atoms with Crippen molar-refractivity contribution in [2.75, 3.05) is 31.1 Å². The molecular formula is C11H16N2O4S. The maximum absolute atomic E-state index is 11.4. The Balaban J connectivity index is 1.90. The van der Waals surface area contributed by atoms with E-state index < -0.39 is 12.0 Å². The molecular weight excluding hydrogens is 256 g/mol. The Hall–Kier alpha value is -1.08. The minimum atomic E-state index is -0.832. The van der Waals surface area contributed by atoms with Gasteiger partial charge >= 0.3 is 5.97 Å². The van der Waals surface area contributed by atoms with Gasteiger partial charge in [-0.1, -0.05) is 0 Å². The fourth-order valence-corrected chi connectivity index (χ4v) is 3.34. The van der Waals surface area contributed by atoms with Gasteiger partial charge in [-0.3, -0.25) is 24.2 Å². The van der Waals surface area contributed by atoms with Gasteiger partial charge in [0.25, 0.3) is 0 Å². The first-order valence-corrected chi connectivity index (χ1v) is 7.13. The number of carbonyl (C=O) groups excluding carboxylic acids is 2. The molecule has 0 aliphatic carbocycles. The molecule has 2 rings (SSSR count). The van der Waals surface area contributed by atoms with E-state index in [1.54, 1.807) is 11.8 Å². The third kappa shape index (κ3) is 2.84. The second-order valence-electron chi connectivity index (χ2n) is 4.40. The van der Waals surface area contributed by atoms with Gasteiger partial charge in [0, 0.05) is 44.0 Å². The highest BCUT2D eigenvalue weighted by molar-refractivity contribution is 7.99. The number of nitrogens with zero attached hydrogens (tertiary/aromatic N) is 2. The van der Waals surface area contributed by atoms with Crippen LogP contribution in [0, 0.1) is 0 Å². The minimum Gasteiger partial charge on any atom is -0.480 e. The molecule has 2 saturated heterocycles. The number of likely N-dealkylation sites (tertiary alicyclic amines) is 1. The van der Waals surface area contributed by atoms with Gasteiger partial charge in [0.2, 0.25) is 11.8 Å². The van der Waals surface area contributed by atoms with Crippen molar-refractivity contribution in [3.05, 3.63) is 0 Å². The zero-order valence-corrected chi connectivity index (χ0v) is 10.8. The van der Waals surface area contributed by atoms with Crippen molar-refractivity contribution in [3.63, 3.8) is 0 Å². The second kappa shape index (κ2) is 5.71. The Morgan fingerprint density at radius 1 is 1.28 bits per heavy atom. The molecule has 0 bridgehead atoms. The summed E-state index contributed by atoms with van der Waals surface area (Å²) in [5.41, 5.74) is 0. The van der Waals surface area contributed by atoms with E-state index in [2.05, 4.69) is 0 Å². The predicted molar refractivity (Wildman–Crippen MR) is 66.3 cm³/mol. The average molecular weight is 272 g/mol. The smallest absolute Gasteiger partial charge is 0.321 e. The van der Waals surface area contributed by atoms with Gasteiger partial charge in [0.05, 0.1) is 0 Å². The number of imide groups is 1. The van der Waals surface area contributed by atoms with Gasteiger partial charge in [-0.25, -0.2) is 0 Å². The Morgan fingerprint density at radius 2 is 1.94 bits per heavy atom. The molecule has 2 amide bonds. The molecule has 2 aliphatic heterocycles. The largest absolute Gasteiger partial charge is 0.480 e. The van der Waals surface area contributed by atoms with Crippen LogP contribution in [-0.2, 0) is 14.4 Å². The highest BCUT2D eigenvalue weighted by atomic mass is 32.2. The number of carboxylic acid groups (broad SMARTS) is 1. The fraction of sp³-hybridized carbons (Fsp3) is 0.727. The van der Waals surface area contributed by atoms with Crippen LogP contribution in [0.2, 0.25) is 0 Å². The topological polar surface area (TPSA) is 77.9 Å². The maximum atomic E-state index is 11.4. The number of hydrogen-bond donors (Lipinski definition) is 1. The van der Waals surface area contributed by atoms with Gasteiger partial charge in [0.15, 0.2) is 0 Å². The Labute approximate surface area is 109 Å². The maximum Gasteiger partial charge on any atom is 0.321 e. The first-order chi connectivity index (χ1) is 8.59. The zero-order chi connectivity index (χ0) is 13.1. The standard InChI is InChI=1S/C11H16N2O4S/c14-9-1-2-10(15)13(9)4-3-12-5-6-18-7-8(12)11(16)17/h8H,1-7H2,(H,16,17). The highest BCUT2D eigenvalue weighted by Gasteiger charge is 2.32. The van der Waals surface area contributed by atoms with Crippen LogP contribution < -0.4 is 0 Å². The fourth-order valence-electron chi connectivity index (χ4n) is 2.23. The number of hydrogen-bond acceptors (Lipinski definition) is 5. The zero-order valence-electron chi connectivity index (χ0n) is 10.0. The lowest BCUT2D eigenvalue weighted by Crippen LogP contribution is -2.50. The van der Waals surface area contributed by atoms with Crippen LogP contribution in [0.15, 0.2) is 0 Å². The lowest BCUT2D eigenvalue weighted by molar-refractivity contribution is -0.142. The third-order valence-corrected chi connectivity index (χ3v) is 4.31. The van der Waals surface area contributed by atoms with Crippen molar-refractivity contribution in [3.8, 4) is 0 Å². The van der Waals surface area contributed by atoms with Crippen molar-refractivity contribution in [1.82, 2.24) is 9.80 Å². The van der Waals surface area contributed by atoms with Crippen molar-refractivity contribution in [2.24, 2.45) is 0 Å². The summed E-state index contributed by atoms with van der Waals surface area (Å²) in [5.74, 6) is 0.348. The number of amides is 2. The Morgan fingerprint density at radius 3 is 2.56 bits per heavy atom. The van der Waals surface area contributed by atoms with Gasteiger partial charge in [-0.2, -0.15) is 11.8 Å². The monoisotopic (exact) mass is 272 g/mol. The van der Waals surface area contributed by atoms with Crippen LogP contribution in [0.5, 0.6) is 0 Å². The minimum absolute atomic E-state index is 0.141. The summed E-state index contributed by atoms with van der Waals surface area (Å²) in [4.78, 5) is 37.1. The number of thioether (sulfide) groups is 1. The highest BCUT2D eigenvalue weighted by Crippen LogP contribution is 2.17. The first-order valence-electron chi connectivity index (χ1n) is 5.97. The molecule has 6 nitrogen and oxygen atoms in total. The molecule has 0 aromatic heterocycles. The van der Waals surface area contributed by atoms with E-state index in [4.69, 9.17) is 5.11 Å². The van der Waals surface area contributed by atoms with Crippen LogP contribution in [-0.4, -0.2) is 69.9 Å². The molecule has 100 valence electrons. The normalized spacial score (nSPS) is 25.8. The summed E-state index contributed by atoms with van der Waals surface area (Å²) < 4.78 is 0. The summed E-state index contributed by atoms with van der Waals surface area (Å²) in [6.45, 7) is 1.46. The Bertz CT molecular complexity index is 358. The summed E-state index contributed by atoms with van der Waals surface area (Å²) in [7, 11) is 0. The molecule has 2 fully saturated rings. The third-order valence-electron chi connectivity index (χ3n) is 3.29. The summed E-state index contributed by atoms with van der Waals surface area (Å²) in [6.07, 6.45) is 0.577. The molecule has 1 N–H and O–H groups in total. The number of rotatable bonds is 4. The van der Waals surface area contributed by atoms with Crippen molar-refractivity contribution >= 4 is 29.5 Å². The van der Waals surface area contributed by atoms with Crippen molar-refractivity contribution in [2.45, 2.75) is 18.9 Å². The second-order valence-corrected chi connectivity index (χ2v) is 5.55. The quantitative estimate of drug-likeness (QED) is 0.704. The van der Waals surface area contributed by atoms with E-state index in [1.807, 2.05) is 4.90 Å². The number of carbonyl (C=O) groups is 3. The van der Waals surface area contributed by atoms with Gasteiger partial charge < -0.3 is 5.11 Å². The molecule has 2 heterocycles. The molecule has 1 atom stereocenters. The van der Waals surface area contributed by atoms with Crippen LogP contribution >= 0.6 is 11.8 Å². The summed E-state index contributed by atoms with van der Waals surface area (Å²) in [5, 5.41) is 9.10. The van der Waals surface area contributed by atoms with Gasteiger partial charge in [-0.05, 0) is 0 Å². The van der Waals surface area contributed by atoms with Crippen LogP contribution in [0.3, 0.4) is 0 Å². The summed E-state index contributed by atoms with van der Waals surface area (Å²) >= 11 is 1.62. The van der Waals surface area contributed by atoms with E-state index in [-0.39, 0.29) is 24.7 Å². The molecule has 7 heteroatoms. The molecule has 0 radical (unpaired) electrons. The molecule has 18 heavy (non-hydrogen) atoms. The van der Waals surface area contributed by atoms with Crippen molar-refractivity contribution < 1.29 is 19.5 Å². The predicted octanol–water partition coefficient (Wildman–Crippen LogP) is -0.363. The van der Waals surface area contributed by atoms with Gasteiger partial charge in [0.1, 0.15) is 6.04 Å². The lowest BCUT2D eigenvalue weighted by Gasteiger charge is -2.33. The van der Waals surface area contributed by atoms with E-state index in [1.165, 1.54) is 4.90 Å². The molecule has 0 aromatic carbocycles. The van der Waals surface area contributed by atoms with Crippen LogP contribution in [0.1, 0.15) is 12.8 Å². The molecule has 0 aromatic rings. The van der Waals surface area contributed by atoms with Crippen LogP contribution in [0.25, 0.3) is 0 Å². The first kappa shape index (κ1) is 13.4. The molecule has 2 aliphatic rings. The summed E-state index contributed by atoms with van der Waals surface area (Å²) in [6, 6.07) is -0.503. The molecule has 0 saturated carbocycles. The SMILES string of the molecule is O=C(O)C1CSCCN1CCN1C(=O)CCC1=O. The average Bonchev–Trinajstić information content (AvgIpc) is 2.67. The van der Waals surface area contributed by atoms with Gasteiger partial charge in [-0.15, -0.1) is 0 Å². The van der Waals surface area contributed by atoms with Crippen LogP contribution in [0.4, 0.5) is 0 Å². The number of aliphatic carboxylic acids is 1. The molecule has 1 unspecified atom stereocenters. The van der Waals surface area contributed by atoms with E-state index >= 15 is 0 Å².